The van der Waals surface area contributed by atoms with E-state index in [0.717, 1.165) is 34.3 Å². The Morgan fingerprint density at radius 3 is 2.75 bits per heavy atom. The molecule has 32 heavy (non-hydrogen) atoms. The third-order valence-electron chi connectivity index (χ3n) is 5.81. The molecule has 2 amide bonds. The number of nitrogens with zero attached hydrogens (tertiary/aromatic N) is 2. The van der Waals surface area contributed by atoms with Crippen molar-refractivity contribution in [3.05, 3.63) is 60.2 Å². The number of nitrogens with one attached hydrogen (secondary N) is 2. The summed E-state index contributed by atoms with van der Waals surface area (Å²) in [6, 6.07) is 17.3. The molecule has 0 radical (unpaired) electrons. The van der Waals surface area contributed by atoms with Gasteiger partial charge in [0.1, 0.15) is 5.82 Å². The molecule has 0 spiro atoms. The van der Waals surface area contributed by atoms with Crippen molar-refractivity contribution >= 4 is 39.3 Å². The van der Waals surface area contributed by atoms with E-state index in [1.807, 2.05) is 54.6 Å². The second-order valence-electron chi connectivity index (χ2n) is 8.16. The minimum atomic E-state index is -0.587. The Morgan fingerprint density at radius 2 is 1.91 bits per heavy atom. The van der Waals surface area contributed by atoms with Crippen LogP contribution >= 0.6 is 11.5 Å². The number of benzene rings is 2. The molecule has 1 aromatic heterocycles. The summed E-state index contributed by atoms with van der Waals surface area (Å²) in [4.78, 5) is 27.3. The topological polar surface area (TPSA) is 100 Å². The largest absolute Gasteiger partial charge is 0.367 e. The number of anilines is 1. The molecule has 4 rings (SSSR count). The van der Waals surface area contributed by atoms with Crippen molar-refractivity contribution in [3.63, 3.8) is 0 Å². The van der Waals surface area contributed by atoms with E-state index < -0.39 is 6.04 Å². The van der Waals surface area contributed by atoms with Crippen molar-refractivity contribution < 1.29 is 9.59 Å². The third kappa shape index (κ3) is 5.44. The summed E-state index contributed by atoms with van der Waals surface area (Å²) in [5.74, 6) is 0.561. The van der Waals surface area contributed by atoms with Crippen molar-refractivity contribution in [1.29, 1.82) is 0 Å². The highest BCUT2D eigenvalue weighted by Crippen LogP contribution is 2.25. The number of carbonyl (C=O) groups is 2. The van der Waals surface area contributed by atoms with Crippen LogP contribution in [0.1, 0.15) is 18.4 Å². The van der Waals surface area contributed by atoms with Gasteiger partial charge in [-0.2, -0.15) is 4.37 Å². The minimum absolute atomic E-state index is 0.0101. The zero-order valence-corrected chi connectivity index (χ0v) is 18.8. The molecule has 0 saturated carbocycles. The number of aromatic nitrogens is 1. The van der Waals surface area contributed by atoms with Gasteiger partial charge in [-0.15, -0.1) is 0 Å². The molecule has 1 aliphatic heterocycles. The lowest BCUT2D eigenvalue weighted by molar-refractivity contribution is -0.136. The van der Waals surface area contributed by atoms with Crippen molar-refractivity contribution in [2.45, 2.75) is 25.3 Å². The monoisotopic (exact) mass is 451 g/mol. The average molecular weight is 452 g/mol. The number of likely N-dealkylation sites (tertiary alicyclic amines) is 1. The fourth-order valence-corrected chi connectivity index (χ4v) is 4.86. The van der Waals surface area contributed by atoms with Crippen molar-refractivity contribution in [3.8, 4) is 0 Å². The van der Waals surface area contributed by atoms with Crippen LogP contribution in [0.3, 0.4) is 0 Å². The number of hydrogen-bond donors (Lipinski definition) is 3. The summed E-state index contributed by atoms with van der Waals surface area (Å²) in [6.07, 6.45) is 2.10. The number of rotatable bonds is 8. The molecule has 7 nitrogen and oxygen atoms in total. The number of carbonyl (C=O) groups excluding carboxylic acids is 2. The lowest BCUT2D eigenvalue weighted by Gasteiger charge is -2.33. The second kappa shape index (κ2) is 10.6. The first kappa shape index (κ1) is 22.2. The van der Waals surface area contributed by atoms with Crippen LogP contribution in [0.5, 0.6) is 0 Å². The Morgan fingerprint density at radius 1 is 1.12 bits per heavy atom. The van der Waals surface area contributed by atoms with Crippen LogP contribution in [-0.2, 0) is 16.0 Å². The molecular formula is C24H29N5O2S. The van der Waals surface area contributed by atoms with Crippen molar-refractivity contribution in [2.24, 2.45) is 11.7 Å². The average Bonchev–Trinajstić information content (AvgIpc) is 3.25. The zero-order chi connectivity index (χ0) is 22.3. The smallest absolute Gasteiger partial charge is 0.239 e. The molecule has 0 bridgehead atoms. The van der Waals surface area contributed by atoms with E-state index in [1.54, 1.807) is 4.90 Å². The van der Waals surface area contributed by atoms with Gasteiger partial charge in [-0.25, -0.2) is 0 Å². The Labute approximate surface area is 192 Å². The molecule has 2 atom stereocenters. The van der Waals surface area contributed by atoms with Gasteiger partial charge in [-0.05, 0) is 48.5 Å². The zero-order valence-electron chi connectivity index (χ0n) is 18.0. The van der Waals surface area contributed by atoms with Gasteiger partial charge < -0.3 is 21.3 Å². The highest BCUT2D eigenvalue weighted by Gasteiger charge is 2.30. The molecule has 8 heteroatoms. The van der Waals surface area contributed by atoms with Crippen LogP contribution in [0.15, 0.2) is 54.6 Å². The second-order valence-corrected chi connectivity index (χ2v) is 8.97. The van der Waals surface area contributed by atoms with Gasteiger partial charge in [-0.3, -0.25) is 9.59 Å². The molecule has 2 heterocycles. The number of nitrogens with two attached hydrogens (primary N) is 1. The number of fused-ring (bicyclic) bond motifs is 1. The molecule has 1 unspecified atom stereocenters. The first-order chi connectivity index (χ1) is 15.6. The minimum Gasteiger partial charge on any atom is -0.367 e. The third-order valence-corrected chi connectivity index (χ3v) is 6.64. The Hall–Kier alpha value is -2.97. The molecule has 1 fully saturated rings. The molecule has 2 aromatic carbocycles. The van der Waals surface area contributed by atoms with Crippen LogP contribution < -0.4 is 16.4 Å². The van der Waals surface area contributed by atoms with Crippen LogP contribution in [-0.4, -0.2) is 53.3 Å². The quantitative estimate of drug-likeness (QED) is 0.457. The number of hydrogen-bond acceptors (Lipinski definition) is 6. The Balaban J connectivity index is 1.23. The van der Waals surface area contributed by atoms with E-state index in [1.165, 1.54) is 11.5 Å². The summed E-state index contributed by atoms with van der Waals surface area (Å²) in [5.41, 5.74) is 7.22. The maximum atomic E-state index is 12.8. The number of amides is 2. The molecule has 0 aliphatic carbocycles. The van der Waals surface area contributed by atoms with Crippen molar-refractivity contribution in [1.82, 2.24) is 14.6 Å². The first-order valence-corrected chi connectivity index (χ1v) is 11.8. The summed E-state index contributed by atoms with van der Waals surface area (Å²) in [6.45, 7) is 2.18. The van der Waals surface area contributed by atoms with Crippen molar-refractivity contribution in [2.75, 3.05) is 31.5 Å². The van der Waals surface area contributed by atoms with E-state index in [9.17, 15) is 9.59 Å². The number of piperidine rings is 1. The van der Waals surface area contributed by atoms with Gasteiger partial charge in [0.05, 0.1) is 16.7 Å². The molecule has 1 aliphatic rings. The standard InChI is InChI=1S/C24H29N5O2S/c25-20(15-17-7-2-1-3-8-17)24(31)29-14-6-9-18(16-29)23(30)27-13-12-26-22-19-10-4-5-11-21(19)32-28-22/h1-5,7-8,10-11,18,20H,6,9,12-16,25H2,(H,26,28)(H,27,30)/t18-,20?/m1/s1. The van der Waals surface area contributed by atoms with E-state index in [0.29, 0.717) is 32.6 Å². The molecule has 1 saturated heterocycles. The lowest BCUT2D eigenvalue weighted by atomic mass is 9.96. The Bertz CT molecular complexity index is 1050. The highest BCUT2D eigenvalue weighted by molar-refractivity contribution is 7.13. The Kier molecular flexibility index (Phi) is 7.34. The summed E-state index contributed by atoms with van der Waals surface area (Å²) in [5, 5.41) is 7.39. The van der Waals surface area contributed by atoms with E-state index in [2.05, 4.69) is 15.0 Å². The fraction of sp³-hybridized carbons (Fsp3) is 0.375. The molecule has 4 N–H and O–H groups in total. The lowest BCUT2D eigenvalue weighted by Crippen LogP contribution is -2.51. The SMILES string of the molecule is NC(Cc1ccccc1)C(=O)N1CCC[C@@H](C(=O)NCCNc2nsc3ccccc23)C1. The summed E-state index contributed by atoms with van der Waals surface area (Å²) >= 11 is 1.46. The van der Waals surface area contributed by atoms with E-state index in [-0.39, 0.29) is 17.7 Å². The van der Waals surface area contributed by atoms with Crippen LogP contribution in [0.25, 0.3) is 10.1 Å². The predicted molar refractivity (Wildman–Crippen MR) is 129 cm³/mol. The van der Waals surface area contributed by atoms with Gasteiger partial charge in [-0.1, -0.05) is 42.5 Å². The van der Waals surface area contributed by atoms with Crippen LogP contribution in [0.4, 0.5) is 5.82 Å². The maximum absolute atomic E-state index is 12.8. The van der Waals surface area contributed by atoms with Crippen LogP contribution in [0.2, 0.25) is 0 Å². The summed E-state index contributed by atoms with van der Waals surface area (Å²) in [7, 11) is 0. The molecule has 168 valence electrons. The van der Waals surface area contributed by atoms with Crippen LogP contribution in [0, 0.1) is 5.92 Å². The first-order valence-electron chi connectivity index (χ1n) is 11.1. The molecule has 3 aromatic rings. The normalized spacial score (nSPS) is 17.2. The highest BCUT2D eigenvalue weighted by atomic mass is 32.1. The fourth-order valence-electron chi connectivity index (χ4n) is 4.11. The van der Waals surface area contributed by atoms with Gasteiger partial charge in [0.2, 0.25) is 11.8 Å². The van der Waals surface area contributed by atoms with E-state index >= 15 is 0 Å². The van der Waals surface area contributed by atoms with E-state index in [4.69, 9.17) is 5.73 Å². The van der Waals surface area contributed by atoms with Gasteiger partial charge in [0.25, 0.3) is 0 Å². The predicted octanol–water partition coefficient (Wildman–Crippen LogP) is 2.63. The van der Waals surface area contributed by atoms with Gasteiger partial charge >= 0.3 is 0 Å². The van der Waals surface area contributed by atoms with Gasteiger partial charge in [0, 0.05) is 31.6 Å². The summed E-state index contributed by atoms with van der Waals surface area (Å²) < 4.78 is 5.58. The van der Waals surface area contributed by atoms with Gasteiger partial charge in [0.15, 0.2) is 0 Å². The molecular weight excluding hydrogens is 422 g/mol. The maximum Gasteiger partial charge on any atom is 0.239 e.